The van der Waals surface area contributed by atoms with E-state index in [-0.39, 0.29) is 5.41 Å². The molecule has 0 aliphatic rings. The summed E-state index contributed by atoms with van der Waals surface area (Å²) < 4.78 is 0.887. The van der Waals surface area contributed by atoms with Gasteiger partial charge in [0.05, 0.1) is 9.26 Å². The number of anilines is 1. The van der Waals surface area contributed by atoms with E-state index in [2.05, 4.69) is 68.5 Å². The van der Waals surface area contributed by atoms with Crippen molar-refractivity contribution in [1.82, 2.24) is 25.1 Å². The van der Waals surface area contributed by atoms with Gasteiger partial charge in [-0.2, -0.15) is 5.10 Å². The molecule has 0 aliphatic carbocycles. The van der Waals surface area contributed by atoms with Gasteiger partial charge in [0.1, 0.15) is 12.1 Å². The van der Waals surface area contributed by atoms with Crippen molar-refractivity contribution in [2.45, 2.75) is 26.2 Å². The number of aromatic amines is 1. The average Bonchev–Trinajstić information content (AvgIpc) is 2.73. The van der Waals surface area contributed by atoms with Crippen LogP contribution in [0.15, 0.2) is 6.33 Å². The summed E-state index contributed by atoms with van der Waals surface area (Å²) in [7, 11) is 0. The number of rotatable bonds is 1. The SMILES string of the molecule is CC(C)(C)c1nc(-c2ncn[nH]2)nc(N)c1I. The predicted octanol–water partition coefficient (Wildman–Crippen LogP) is 1.75. The molecule has 2 heterocycles. The van der Waals surface area contributed by atoms with E-state index in [1.807, 2.05) is 0 Å². The number of aromatic nitrogens is 5. The largest absolute Gasteiger partial charge is 0.383 e. The van der Waals surface area contributed by atoms with Crippen LogP contribution >= 0.6 is 22.6 Å². The van der Waals surface area contributed by atoms with Gasteiger partial charge in [0.25, 0.3) is 0 Å². The van der Waals surface area contributed by atoms with Crippen LogP contribution in [0.4, 0.5) is 5.82 Å². The average molecular weight is 344 g/mol. The molecule has 0 atom stereocenters. The van der Waals surface area contributed by atoms with Crippen LogP contribution in [-0.4, -0.2) is 25.1 Å². The van der Waals surface area contributed by atoms with Crippen molar-refractivity contribution in [3.63, 3.8) is 0 Å². The Labute approximate surface area is 113 Å². The Morgan fingerprint density at radius 2 is 2.00 bits per heavy atom. The van der Waals surface area contributed by atoms with Gasteiger partial charge in [-0.1, -0.05) is 20.8 Å². The number of halogens is 1. The van der Waals surface area contributed by atoms with Crippen molar-refractivity contribution >= 4 is 28.4 Å². The van der Waals surface area contributed by atoms with Crippen LogP contribution in [-0.2, 0) is 5.41 Å². The molecule has 0 saturated heterocycles. The molecule has 0 saturated carbocycles. The highest BCUT2D eigenvalue weighted by molar-refractivity contribution is 14.1. The fourth-order valence-corrected chi connectivity index (χ4v) is 2.43. The smallest absolute Gasteiger partial charge is 0.199 e. The molecule has 17 heavy (non-hydrogen) atoms. The van der Waals surface area contributed by atoms with E-state index < -0.39 is 0 Å². The molecule has 0 fully saturated rings. The van der Waals surface area contributed by atoms with Crippen LogP contribution in [0.25, 0.3) is 11.6 Å². The highest BCUT2D eigenvalue weighted by atomic mass is 127. The number of nitrogens with one attached hydrogen (secondary N) is 1. The number of H-pyrrole nitrogens is 1. The van der Waals surface area contributed by atoms with Gasteiger partial charge in [0.2, 0.25) is 0 Å². The second-order valence-electron chi connectivity index (χ2n) is 4.68. The molecule has 0 aromatic carbocycles. The van der Waals surface area contributed by atoms with Crippen molar-refractivity contribution in [3.8, 4) is 11.6 Å². The zero-order valence-electron chi connectivity index (χ0n) is 9.82. The van der Waals surface area contributed by atoms with Gasteiger partial charge < -0.3 is 5.73 Å². The summed E-state index contributed by atoms with van der Waals surface area (Å²) in [6.07, 6.45) is 1.42. The minimum Gasteiger partial charge on any atom is -0.383 e. The third-order valence-electron chi connectivity index (χ3n) is 2.21. The van der Waals surface area contributed by atoms with Gasteiger partial charge in [-0.05, 0) is 22.6 Å². The maximum Gasteiger partial charge on any atom is 0.199 e. The first-order chi connectivity index (χ1) is 7.89. The van der Waals surface area contributed by atoms with E-state index in [0.717, 1.165) is 9.26 Å². The van der Waals surface area contributed by atoms with Crippen LogP contribution < -0.4 is 5.73 Å². The molecular weight excluding hydrogens is 331 g/mol. The molecule has 3 N–H and O–H groups in total. The molecule has 6 nitrogen and oxygen atoms in total. The van der Waals surface area contributed by atoms with Gasteiger partial charge in [-0.15, -0.1) is 0 Å². The minimum atomic E-state index is -0.0949. The normalized spacial score (nSPS) is 11.8. The molecule has 0 radical (unpaired) electrons. The molecule has 0 spiro atoms. The fourth-order valence-electron chi connectivity index (χ4n) is 1.38. The third kappa shape index (κ3) is 2.38. The van der Waals surface area contributed by atoms with Gasteiger partial charge in [-0.3, -0.25) is 5.10 Å². The molecule has 2 rings (SSSR count). The van der Waals surface area contributed by atoms with Crippen LogP contribution in [0.1, 0.15) is 26.5 Å². The molecule has 2 aromatic rings. The van der Waals surface area contributed by atoms with E-state index in [1.165, 1.54) is 6.33 Å². The molecule has 90 valence electrons. The lowest BCUT2D eigenvalue weighted by Crippen LogP contribution is -2.18. The Balaban J connectivity index is 2.62. The predicted molar refractivity (Wildman–Crippen MR) is 73.2 cm³/mol. The second-order valence-corrected chi connectivity index (χ2v) is 5.76. The maximum absolute atomic E-state index is 5.90. The minimum absolute atomic E-state index is 0.0949. The zero-order chi connectivity index (χ0) is 12.6. The van der Waals surface area contributed by atoms with E-state index in [9.17, 15) is 0 Å². The van der Waals surface area contributed by atoms with Crippen molar-refractivity contribution < 1.29 is 0 Å². The Kier molecular flexibility index (Phi) is 3.02. The maximum atomic E-state index is 5.90. The van der Waals surface area contributed by atoms with Gasteiger partial charge in [0, 0.05) is 5.41 Å². The first kappa shape index (κ1) is 12.2. The number of hydrogen-bond donors (Lipinski definition) is 2. The molecular formula is C10H13IN6. The van der Waals surface area contributed by atoms with Crippen molar-refractivity contribution in [2.75, 3.05) is 5.73 Å². The summed E-state index contributed by atoms with van der Waals surface area (Å²) in [6, 6.07) is 0. The van der Waals surface area contributed by atoms with Crippen LogP contribution in [0, 0.1) is 3.57 Å². The van der Waals surface area contributed by atoms with Crippen LogP contribution in [0.2, 0.25) is 0 Å². The van der Waals surface area contributed by atoms with Gasteiger partial charge >= 0.3 is 0 Å². The second kappa shape index (κ2) is 4.21. The summed E-state index contributed by atoms with van der Waals surface area (Å²) >= 11 is 2.17. The summed E-state index contributed by atoms with van der Waals surface area (Å²) in [4.78, 5) is 12.8. The van der Waals surface area contributed by atoms with Crippen molar-refractivity contribution in [1.29, 1.82) is 0 Å². The molecule has 0 bridgehead atoms. The zero-order valence-corrected chi connectivity index (χ0v) is 12.0. The fraction of sp³-hybridized carbons (Fsp3) is 0.400. The highest BCUT2D eigenvalue weighted by Crippen LogP contribution is 2.29. The van der Waals surface area contributed by atoms with Crippen molar-refractivity contribution in [3.05, 3.63) is 15.6 Å². The molecule has 0 unspecified atom stereocenters. The number of nitrogens with zero attached hydrogens (tertiary/aromatic N) is 4. The highest BCUT2D eigenvalue weighted by Gasteiger charge is 2.23. The third-order valence-corrected chi connectivity index (χ3v) is 3.28. The lowest BCUT2D eigenvalue weighted by atomic mass is 9.92. The Morgan fingerprint density at radius 1 is 1.29 bits per heavy atom. The molecule has 0 aliphatic heterocycles. The summed E-state index contributed by atoms with van der Waals surface area (Å²) in [5, 5.41) is 6.52. The Hall–Kier alpha value is -1.25. The first-order valence-corrected chi connectivity index (χ1v) is 6.16. The summed E-state index contributed by atoms with van der Waals surface area (Å²) in [5.41, 5.74) is 6.72. The molecule has 7 heteroatoms. The topological polar surface area (TPSA) is 93.4 Å². The number of hydrogen-bond acceptors (Lipinski definition) is 5. The molecule has 2 aromatic heterocycles. The van der Waals surface area contributed by atoms with E-state index in [0.29, 0.717) is 17.5 Å². The lowest BCUT2D eigenvalue weighted by molar-refractivity contribution is 0.564. The standard InChI is InChI=1S/C10H13IN6/c1-10(2,3)6-5(11)7(12)16-9(15-6)8-13-4-14-17-8/h4H,1-3H3,(H2,12,15,16)(H,13,14,17). The quantitative estimate of drug-likeness (QED) is 0.769. The van der Waals surface area contributed by atoms with Gasteiger partial charge in [0.15, 0.2) is 11.6 Å². The molecule has 0 amide bonds. The first-order valence-electron chi connectivity index (χ1n) is 5.09. The van der Waals surface area contributed by atoms with E-state index in [4.69, 9.17) is 5.73 Å². The Morgan fingerprint density at radius 3 is 2.53 bits per heavy atom. The number of nitrogens with two attached hydrogens (primary N) is 1. The van der Waals surface area contributed by atoms with E-state index in [1.54, 1.807) is 0 Å². The van der Waals surface area contributed by atoms with Crippen LogP contribution in [0.5, 0.6) is 0 Å². The van der Waals surface area contributed by atoms with Crippen LogP contribution in [0.3, 0.4) is 0 Å². The monoisotopic (exact) mass is 344 g/mol. The Bertz CT molecular complexity index is 528. The van der Waals surface area contributed by atoms with Gasteiger partial charge in [-0.25, -0.2) is 15.0 Å². The van der Waals surface area contributed by atoms with E-state index >= 15 is 0 Å². The lowest BCUT2D eigenvalue weighted by Gasteiger charge is -2.20. The van der Waals surface area contributed by atoms with Crippen molar-refractivity contribution in [2.24, 2.45) is 0 Å². The summed E-state index contributed by atoms with van der Waals surface area (Å²) in [6.45, 7) is 6.25. The summed E-state index contributed by atoms with van der Waals surface area (Å²) in [5.74, 6) is 1.47. The number of nitrogen functional groups attached to an aromatic ring is 1.